The summed E-state index contributed by atoms with van der Waals surface area (Å²) in [4.78, 5) is 15.9. The second-order valence-corrected chi connectivity index (χ2v) is 5.23. The maximum Gasteiger partial charge on any atom is 0.223 e. The fourth-order valence-corrected chi connectivity index (χ4v) is 2.32. The Morgan fingerprint density at radius 3 is 3.00 bits per heavy atom. The molecule has 0 aliphatic heterocycles. The second kappa shape index (κ2) is 5.45. The van der Waals surface area contributed by atoms with Crippen LogP contribution in [0.1, 0.15) is 25.0 Å². The van der Waals surface area contributed by atoms with Gasteiger partial charge in [0.15, 0.2) is 0 Å². The number of aryl methyl sites for hydroxylation is 1. The number of nitrogens with one attached hydrogen (secondary N) is 1. The van der Waals surface area contributed by atoms with Gasteiger partial charge in [-0.1, -0.05) is 6.42 Å². The van der Waals surface area contributed by atoms with Crippen LogP contribution in [0.15, 0.2) is 30.6 Å². The minimum absolute atomic E-state index is 0.167. The SMILES string of the molecule is Cn1nc(-c2cccnc2)cc1CNC(=O)C1CCC1. The first-order chi connectivity index (χ1) is 9.74. The summed E-state index contributed by atoms with van der Waals surface area (Å²) in [6.07, 6.45) is 6.76. The molecule has 0 saturated heterocycles. The Bertz CT molecular complexity index is 602. The predicted molar refractivity (Wildman–Crippen MR) is 75.6 cm³/mol. The normalized spacial score (nSPS) is 14.8. The number of pyridine rings is 1. The molecule has 1 amide bonds. The van der Waals surface area contributed by atoms with Crippen LogP contribution in [0.5, 0.6) is 0 Å². The predicted octanol–water partition coefficient (Wildman–Crippen LogP) is 1.90. The summed E-state index contributed by atoms with van der Waals surface area (Å²) < 4.78 is 1.81. The van der Waals surface area contributed by atoms with Gasteiger partial charge < -0.3 is 5.32 Å². The molecule has 0 aromatic carbocycles. The molecule has 2 aromatic heterocycles. The maximum atomic E-state index is 11.8. The molecule has 2 heterocycles. The molecule has 0 unspecified atom stereocenters. The van der Waals surface area contributed by atoms with Crippen molar-refractivity contribution < 1.29 is 4.79 Å². The van der Waals surface area contributed by atoms with E-state index in [0.717, 1.165) is 29.8 Å². The molecule has 0 spiro atoms. The minimum Gasteiger partial charge on any atom is -0.350 e. The van der Waals surface area contributed by atoms with Crippen LogP contribution in [0, 0.1) is 5.92 Å². The highest BCUT2D eigenvalue weighted by atomic mass is 16.1. The molecule has 1 aliphatic rings. The maximum absolute atomic E-state index is 11.8. The monoisotopic (exact) mass is 270 g/mol. The largest absolute Gasteiger partial charge is 0.350 e. The molecule has 3 rings (SSSR count). The van der Waals surface area contributed by atoms with E-state index in [1.807, 2.05) is 29.9 Å². The number of rotatable bonds is 4. The van der Waals surface area contributed by atoms with Crippen molar-refractivity contribution in [3.8, 4) is 11.3 Å². The van der Waals surface area contributed by atoms with Crippen LogP contribution in [-0.2, 0) is 18.4 Å². The smallest absolute Gasteiger partial charge is 0.223 e. The number of hydrogen-bond donors (Lipinski definition) is 1. The number of amides is 1. The Hall–Kier alpha value is -2.17. The zero-order chi connectivity index (χ0) is 13.9. The lowest BCUT2D eigenvalue weighted by molar-refractivity contribution is -0.127. The molecule has 1 N–H and O–H groups in total. The summed E-state index contributed by atoms with van der Waals surface area (Å²) in [5, 5.41) is 7.45. The Morgan fingerprint density at radius 2 is 2.35 bits per heavy atom. The summed E-state index contributed by atoms with van der Waals surface area (Å²) >= 11 is 0. The molecule has 20 heavy (non-hydrogen) atoms. The van der Waals surface area contributed by atoms with E-state index in [1.165, 1.54) is 6.42 Å². The van der Waals surface area contributed by atoms with Gasteiger partial charge in [0.2, 0.25) is 5.91 Å². The quantitative estimate of drug-likeness (QED) is 0.923. The highest BCUT2D eigenvalue weighted by Crippen LogP contribution is 2.26. The summed E-state index contributed by atoms with van der Waals surface area (Å²) in [5.41, 5.74) is 2.87. The zero-order valence-corrected chi connectivity index (χ0v) is 11.5. The van der Waals surface area contributed by atoms with Gasteiger partial charge in [-0.2, -0.15) is 5.10 Å². The Labute approximate surface area is 118 Å². The van der Waals surface area contributed by atoms with Crippen molar-refractivity contribution in [1.82, 2.24) is 20.1 Å². The lowest BCUT2D eigenvalue weighted by Gasteiger charge is -2.23. The van der Waals surface area contributed by atoms with Gasteiger partial charge in [0, 0.05) is 30.9 Å². The molecule has 0 atom stereocenters. The molecule has 5 nitrogen and oxygen atoms in total. The molecule has 1 aliphatic carbocycles. The number of carbonyl (C=O) groups excluding carboxylic acids is 1. The average Bonchev–Trinajstić information content (AvgIpc) is 2.77. The van der Waals surface area contributed by atoms with E-state index in [0.29, 0.717) is 6.54 Å². The first kappa shape index (κ1) is 12.8. The topological polar surface area (TPSA) is 59.8 Å². The summed E-state index contributed by atoms with van der Waals surface area (Å²) in [6, 6.07) is 5.87. The molecule has 1 saturated carbocycles. The Morgan fingerprint density at radius 1 is 1.50 bits per heavy atom. The lowest BCUT2D eigenvalue weighted by Crippen LogP contribution is -2.34. The minimum atomic E-state index is 0.167. The zero-order valence-electron chi connectivity index (χ0n) is 11.5. The average molecular weight is 270 g/mol. The first-order valence-electron chi connectivity index (χ1n) is 6.95. The van der Waals surface area contributed by atoms with Crippen LogP contribution in [-0.4, -0.2) is 20.7 Å². The van der Waals surface area contributed by atoms with E-state index >= 15 is 0 Å². The van der Waals surface area contributed by atoms with E-state index in [-0.39, 0.29) is 11.8 Å². The van der Waals surface area contributed by atoms with Crippen LogP contribution in [0.4, 0.5) is 0 Å². The number of aromatic nitrogens is 3. The van der Waals surface area contributed by atoms with E-state index in [1.54, 1.807) is 12.4 Å². The van der Waals surface area contributed by atoms with Crippen molar-refractivity contribution in [3.05, 3.63) is 36.3 Å². The fraction of sp³-hybridized carbons (Fsp3) is 0.400. The van der Waals surface area contributed by atoms with E-state index in [9.17, 15) is 4.79 Å². The van der Waals surface area contributed by atoms with Crippen molar-refractivity contribution in [1.29, 1.82) is 0 Å². The first-order valence-corrected chi connectivity index (χ1v) is 6.95. The van der Waals surface area contributed by atoms with Crippen LogP contribution in [0.3, 0.4) is 0 Å². The molecule has 5 heteroatoms. The molecule has 1 fully saturated rings. The lowest BCUT2D eigenvalue weighted by atomic mass is 9.85. The molecular weight excluding hydrogens is 252 g/mol. The fourth-order valence-electron chi connectivity index (χ4n) is 2.32. The van der Waals surface area contributed by atoms with Crippen molar-refractivity contribution in [3.63, 3.8) is 0 Å². The van der Waals surface area contributed by atoms with Gasteiger partial charge in [-0.25, -0.2) is 0 Å². The number of carbonyl (C=O) groups is 1. The molecular formula is C15H18N4O. The summed E-state index contributed by atoms with van der Waals surface area (Å²) in [6.45, 7) is 0.527. The molecule has 2 aromatic rings. The second-order valence-electron chi connectivity index (χ2n) is 5.23. The standard InChI is InChI=1S/C15H18N4O/c1-19-13(10-17-15(20)11-4-2-5-11)8-14(18-19)12-6-3-7-16-9-12/h3,6-9,11H,2,4-5,10H2,1H3,(H,17,20). The van der Waals surface area contributed by atoms with E-state index in [2.05, 4.69) is 15.4 Å². The van der Waals surface area contributed by atoms with E-state index < -0.39 is 0 Å². The van der Waals surface area contributed by atoms with Gasteiger partial charge >= 0.3 is 0 Å². The highest BCUT2D eigenvalue weighted by Gasteiger charge is 2.24. The molecule has 0 bridgehead atoms. The van der Waals surface area contributed by atoms with Crippen molar-refractivity contribution >= 4 is 5.91 Å². The van der Waals surface area contributed by atoms with Crippen molar-refractivity contribution in [2.75, 3.05) is 0 Å². The van der Waals surface area contributed by atoms with E-state index in [4.69, 9.17) is 0 Å². The third-order valence-corrected chi connectivity index (χ3v) is 3.85. The highest BCUT2D eigenvalue weighted by molar-refractivity contribution is 5.79. The molecule has 104 valence electrons. The third-order valence-electron chi connectivity index (χ3n) is 3.85. The van der Waals surface area contributed by atoms with Crippen LogP contribution >= 0.6 is 0 Å². The number of hydrogen-bond acceptors (Lipinski definition) is 3. The Balaban J connectivity index is 1.68. The van der Waals surface area contributed by atoms with Gasteiger partial charge in [-0.05, 0) is 31.0 Å². The third kappa shape index (κ3) is 2.57. The van der Waals surface area contributed by atoms with Crippen LogP contribution < -0.4 is 5.32 Å². The summed E-state index contributed by atoms with van der Waals surface area (Å²) in [5.74, 6) is 0.390. The Kier molecular flexibility index (Phi) is 3.50. The van der Waals surface area contributed by atoms with Crippen LogP contribution in [0.25, 0.3) is 11.3 Å². The summed E-state index contributed by atoms with van der Waals surface area (Å²) in [7, 11) is 1.89. The van der Waals surface area contributed by atoms with Gasteiger partial charge in [0.25, 0.3) is 0 Å². The van der Waals surface area contributed by atoms with Crippen LogP contribution in [0.2, 0.25) is 0 Å². The van der Waals surface area contributed by atoms with Gasteiger partial charge in [0.05, 0.1) is 17.9 Å². The van der Waals surface area contributed by atoms with Crippen molar-refractivity contribution in [2.24, 2.45) is 13.0 Å². The van der Waals surface area contributed by atoms with Gasteiger partial charge in [-0.3, -0.25) is 14.5 Å². The van der Waals surface area contributed by atoms with Crippen molar-refractivity contribution in [2.45, 2.75) is 25.8 Å². The number of nitrogens with zero attached hydrogens (tertiary/aromatic N) is 3. The van der Waals surface area contributed by atoms with Gasteiger partial charge in [0.1, 0.15) is 0 Å². The van der Waals surface area contributed by atoms with Gasteiger partial charge in [-0.15, -0.1) is 0 Å². The molecule has 0 radical (unpaired) electrons.